The molecule has 0 spiro atoms. The summed E-state index contributed by atoms with van der Waals surface area (Å²) in [5.74, 6) is -1.42. The van der Waals surface area contributed by atoms with Crippen LogP contribution in [0.15, 0.2) is 12.1 Å². The number of phenols is 1. The van der Waals surface area contributed by atoms with E-state index in [9.17, 15) is 23.1 Å². The molecule has 2 N–H and O–H groups in total. The number of rotatable bonds is 4. The van der Waals surface area contributed by atoms with E-state index >= 15 is 0 Å². The normalized spacial score (nSPS) is 12.9. The van der Waals surface area contributed by atoms with Crippen molar-refractivity contribution in [1.82, 2.24) is 5.32 Å². The van der Waals surface area contributed by atoms with Gasteiger partial charge in [-0.2, -0.15) is 13.2 Å². The summed E-state index contributed by atoms with van der Waals surface area (Å²) >= 11 is 0. The average molecular weight is 291 g/mol. The van der Waals surface area contributed by atoms with E-state index in [0.717, 1.165) is 0 Å². The standard InChI is InChI=1S/C13H16F3NO3/c1-7-4-10(18)5-8(2)11(7)20-6-9(3)17-12(19)13(14,15)16/h4-5,9,18H,6H2,1-3H3,(H,17,19). The number of benzene rings is 1. The van der Waals surface area contributed by atoms with E-state index in [1.165, 1.54) is 19.1 Å². The summed E-state index contributed by atoms with van der Waals surface area (Å²) in [7, 11) is 0. The highest BCUT2D eigenvalue weighted by Gasteiger charge is 2.39. The first-order chi connectivity index (χ1) is 9.11. The van der Waals surface area contributed by atoms with E-state index in [1.807, 2.05) is 0 Å². The molecule has 0 aliphatic carbocycles. The molecule has 1 amide bonds. The van der Waals surface area contributed by atoms with Gasteiger partial charge in [-0.3, -0.25) is 4.79 Å². The Morgan fingerprint density at radius 3 is 2.30 bits per heavy atom. The number of hydrogen-bond acceptors (Lipinski definition) is 3. The zero-order valence-electron chi connectivity index (χ0n) is 11.3. The molecule has 1 aromatic carbocycles. The molecule has 0 saturated carbocycles. The molecule has 1 atom stereocenters. The van der Waals surface area contributed by atoms with Crippen LogP contribution in [0.1, 0.15) is 18.1 Å². The van der Waals surface area contributed by atoms with E-state index in [4.69, 9.17) is 4.74 Å². The lowest BCUT2D eigenvalue weighted by atomic mass is 10.1. The van der Waals surface area contributed by atoms with Crippen LogP contribution in [0.2, 0.25) is 0 Å². The summed E-state index contributed by atoms with van der Waals surface area (Å²) in [6, 6.07) is 2.18. The summed E-state index contributed by atoms with van der Waals surface area (Å²) in [5.41, 5.74) is 1.33. The second-order valence-electron chi connectivity index (χ2n) is 4.59. The van der Waals surface area contributed by atoms with Crippen LogP contribution in [0.25, 0.3) is 0 Å². The van der Waals surface area contributed by atoms with E-state index in [2.05, 4.69) is 0 Å². The maximum absolute atomic E-state index is 12.1. The van der Waals surface area contributed by atoms with Gasteiger partial charge in [-0.15, -0.1) is 0 Å². The van der Waals surface area contributed by atoms with Crippen LogP contribution in [0, 0.1) is 13.8 Å². The third kappa shape index (κ3) is 4.32. The van der Waals surface area contributed by atoms with Crippen LogP contribution >= 0.6 is 0 Å². The van der Waals surface area contributed by atoms with Gasteiger partial charge in [-0.05, 0) is 44.0 Å². The molecule has 4 nitrogen and oxygen atoms in total. The maximum atomic E-state index is 12.1. The number of aromatic hydroxyl groups is 1. The summed E-state index contributed by atoms with van der Waals surface area (Å²) in [6.45, 7) is 4.73. The first-order valence-electron chi connectivity index (χ1n) is 5.92. The van der Waals surface area contributed by atoms with Crippen molar-refractivity contribution in [2.75, 3.05) is 6.61 Å². The molecule has 7 heteroatoms. The van der Waals surface area contributed by atoms with Crippen LogP contribution in [0.3, 0.4) is 0 Å². The fourth-order valence-corrected chi connectivity index (χ4v) is 1.71. The Labute approximate surface area is 114 Å². The quantitative estimate of drug-likeness (QED) is 0.896. The first kappa shape index (κ1) is 16.1. The van der Waals surface area contributed by atoms with Gasteiger partial charge in [-0.1, -0.05) is 0 Å². The van der Waals surface area contributed by atoms with Crippen molar-refractivity contribution in [3.8, 4) is 11.5 Å². The third-order valence-corrected chi connectivity index (χ3v) is 2.56. The van der Waals surface area contributed by atoms with Gasteiger partial charge in [0, 0.05) is 0 Å². The fraction of sp³-hybridized carbons (Fsp3) is 0.462. The highest BCUT2D eigenvalue weighted by atomic mass is 19.4. The molecule has 0 heterocycles. The zero-order chi connectivity index (χ0) is 15.5. The number of halogens is 3. The summed E-state index contributed by atoms with van der Waals surface area (Å²) in [6.07, 6.45) is -4.90. The lowest BCUT2D eigenvalue weighted by Crippen LogP contribution is -2.44. The van der Waals surface area contributed by atoms with Crippen molar-refractivity contribution >= 4 is 5.91 Å². The molecule has 0 saturated heterocycles. The average Bonchev–Trinajstić information content (AvgIpc) is 2.25. The molecule has 1 aromatic rings. The van der Waals surface area contributed by atoms with Gasteiger partial charge >= 0.3 is 12.1 Å². The number of carbonyl (C=O) groups excluding carboxylic acids is 1. The number of hydrogen-bond donors (Lipinski definition) is 2. The molecule has 20 heavy (non-hydrogen) atoms. The van der Waals surface area contributed by atoms with Gasteiger partial charge in [0.2, 0.25) is 0 Å². The van der Waals surface area contributed by atoms with Gasteiger partial charge in [0.15, 0.2) is 0 Å². The van der Waals surface area contributed by atoms with Gasteiger partial charge in [-0.25, -0.2) is 0 Å². The van der Waals surface area contributed by atoms with Crippen molar-refractivity contribution in [3.05, 3.63) is 23.3 Å². The molecule has 0 aliphatic heterocycles. The van der Waals surface area contributed by atoms with Gasteiger partial charge in [0.1, 0.15) is 18.1 Å². The van der Waals surface area contributed by atoms with Crippen LogP contribution in [0.5, 0.6) is 11.5 Å². The Kier molecular flexibility index (Phi) is 4.86. The predicted octanol–water partition coefficient (Wildman–Crippen LogP) is 2.45. The Morgan fingerprint density at radius 1 is 1.35 bits per heavy atom. The van der Waals surface area contributed by atoms with E-state index in [0.29, 0.717) is 16.9 Å². The zero-order valence-corrected chi connectivity index (χ0v) is 11.3. The molecule has 1 rings (SSSR count). The van der Waals surface area contributed by atoms with Crippen LogP contribution in [0.4, 0.5) is 13.2 Å². The largest absolute Gasteiger partial charge is 0.508 e. The van der Waals surface area contributed by atoms with Crippen LogP contribution in [-0.2, 0) is 4.79 Å². The van der Waals surface area contributed by atoms with Crippen molar-refractivity contribution in [2.45, 2.75) is 33.0 Å². The van der Waals surface area contributed by atoms with Crippen molar-refractivity contribution < 1.29 is 27.8 Å². The molecular weight excluding hydrogens is 275 g/mol. The Balaban J connectivity index is 2.62. The Morgan fingerprint density at radius 2 is 1.85 bits per heavy atom. The SMILES string of the molecule is Cc1cc(O)cc(C)c1OCC(C)NC(=O)C(F)(F)F. The van der Waals surface area contributed by atoms with E-state index < -0.39 is 18.1 Å². The molecule has 1 unspecified atom stereocenters. The van der Waals surface area contributed by atoms with E-state index in [1.54, 1.807) is 19.2 Å². The van der Waals surface area contributed by atoms with Crippen molar-refractivity contribution in [3.63, 3.8) is 0 Å². The highest BCUT2D eigenvalue weighted by molar-refractivity contribution is 5.81. The summed E-state index contributed by atoms with van der Waals surface area (Å²) in [4.78, 5) is 10.7. The second kappa shape index (κ2) is 6.02. The third-order valence-electron chi connectivity index (χ3n) is 2.56. The first-order valence-corrected chi connectivity index (χ1v) is 5.92. The number of alkyl halides is 3. The smallest absolute Gasteiger partial charge is 0.471 e. The lowest BCUT2D eigenvalue weighted by molar-refractivity contribution is -0.174. The predicted molar refractivity (Wildman–Crippen MR) is 66.7 cm³/mol. The number of carbonyl (C=O) groups is 1. The topological polar surface area (TPSA) is 58.6 Å². The van der Waals surface area contributed by atoms with Gasteiger partial charge in [0.05, 0.1) is 6.04 Å². The molecular formula is C13H16F3NO3. The highest BCUT2D eigenvalue weighted by Crippen LogP contribution is 2.27. The number of phenolic OH excluding ortho intramolecular Hbond substituents is 1. The second-order valence-corrected chi connectivity index (χ2v) is 4.59. The maximum Gasteiger partial charge on any atom is 0.471 e. The number of amides is 1. The minimum Gasteiger partial charge on any atom is -0.508 e. The van der Waals surface area contributed by atoms with Crippen molar-refractivity contribution in [2.24, 2.45) is 0 Å². The number of nitrogens with one attached hydrogen (secondary N) is 1. The molecule has 0 aromatic heterocycles. The minimum absolute atomic E-state index is 0.0887. The van der Waals surface area contributed by atoms with Gasteiger partial charge in [0.25, 0.3) is 0 Å². The number of ether oxygens (including phenoxy) is 1. The minimum atomic E-state index is -4.90. The number of aryl methyl sites for hydroxylation is 2. The van der Waals surface area contributed by atoms with Crippen LogP contribution in [-0.4, -0.2) is 29.8 Å². The van der Waals surface area contributed by atoms with Crippen molar-refractivity contribution in [1.29, 1.82) is 0 Å². The monoisotopic (exact) mass is 291 g/mol. The fourth-order valence-electron chi connectivity index (χ4n) is 1.71. The summed E-state index contributed by atoms with van der Waals surface area (Å²) < 4.78 is 41.6. The lowest BCUT2D eigenvalue weighted by Gasteiger charge is -2.18. The molecule has 0 fully saturated rings. The molecule has 0 bridgehead atoms. The van der Waals surface area contributed by atoms with Crippen LogP contribution < -0.4 is 10.1 Å². The molecule has 0 radical (unpaired) electrons. The summed E-state index contributed by atoms with van der Waals surface area (Å²) in [5, 5.41) is 11.2. The Hall–Kier alpha value is -1.92. The Bertz CT molecular complexity index is 477. The van der Waals surface area contributed by atoms with E-state index in [-0.39, 0.29) is 12.4 Å². The molecule has 112 valence electrons. The van der Waals surface area contributed by atoms with Gasteiger partial charge < -0.3 is 15.2 Å². The molecule has 0 aliphatic rings.